The molecule has 2 aromatic rings. The molecular weight excluding hydrogens is 359 g/mol. The molecule has 2 aromatic carbocycles. The lowest BCUT2D eigenvalue weighted by Crippen LogP contribution is -2.41. The van der Waals surface area contributed by atoms with Gasteiger partial charge in [0.1, 0.15) is 6.04 Å². The molecule has 0 radical (unpaired) electrons. The van der Waals surface area contributed by atoms with Gasteiger partial charge in [0.15, 0.2) is 0 Å². The van der Waals surface area contributed by atoms with Crippen molar-refractivity contribution in [2.75, 3.05) is 16.0 Å². The number of rotatable bonds is 3. The van der Waals surface area contributed by atoms with Gasteiger partial charge in [-0.2, -0.15) is 13.2 Å². The molecule has 0 spiro atoms. The monoisotopic (exact) mass is 377 g/mol. The van der Waals surface area contributed by atoms with E-state index in [4.69, 9.17) is 0 Å². The van der Waals surface area contributed by atoms with Gasteiger partial charge in [-0.25, -0.2) is 0 Å². The minimum absolute atomic E-state index is 0.0425. The molecule has 0 fully saturated rings. The highest BCUT2D eigenvalue weighted by Crippen LogP contribution is 2.35. The maximum atomic E-state index is 12.8. The Labute approximate surface area is 154 Å². The Balaban J connectivity index is 1.70. The van der Waals surface area contributed by atoms with Gasteiger partial charge in [-0.3, -0.25) is 9.59 Å². The average molecular weight is 377 g/mol. The van der Waals surface area contributed by atoms with Crippen LogP contribution in [-0.2, 0) is 15.8 Å². The van der Waals surface area contributed by atoms with Crippen molar-refractivity contribution in [1.29, 1.82) is 0 Å². The minimum atomic E-state index is -4.50. The summed E-state index contributed by atoms with van der Waals surface area (Å²) < 4.78 is 38.3. The normalized spacial score (nSPS) is 16.2. The van der Waals surface area contributed by atoms with E-state index in [-0.39, 0.29) is 18.0 Å². The summed E-state index contributed by atoms with van der Waals surface area (Å²) in [6.45, 7) is 3.80. The summed E-state index contributed by atoms with van der Waals surface area (Å²) in [4.78, 5) is 24.5. The fraction of sp³-hybridized carbons (Fsp3) is 0.263. The third kappa shape index (κ3) is 4.21. The third-order valence-electron chi connectivity index (χ3n) is 4.30. The first-order valence-corrected chi connectivity index (χ1v) is 8.29. The van der Waals surface area contributed by atoms with Gasteiger partial charge in [0.05, 0.1) is 23.4 Å². The van der Waals surface area contributed by atoms with E-state index >= 15 is 0 Å². The molecule has 0 aliphatic carbocycles. The zero-order valence-electron chi connectivity index (χ0n) is 14.7. The predicted octanol–water partition coefficient (Wildman–Crippen LogP) is 4.08. The molecule has 8 heteroatoms. The number of aryl methyl sites for hydroxylation is 2. The van der Waals surface area contributed by atoms with Crippen molar-refractivity contribution in [2.45, 2.75) is 32.5 Å². The molecule has 5 nitrogen and oxygen atoms in total. The largest absolute Gasteiger partial charge is 0.416 e. The van der Waals surface area contributed by atoms with E-state index in [0.29, 0.717) is 11.4 Å². The van der Waals surface area contributed by atoms with Crippen LogP contribution in [0, 0.1) is 13.8 Å². The number of hydrogen-bond donors (Lipinski definition) is 3. The van der Waals surface area contributed by atoms with Gasteiger partial charge in [-0.05, 0) is 43.7 Å². The molecule has 27 heavy (non-hydrogen) atoms. The Hall–Kier alpha value is -3.03. The number of benzene rings is 2. The third-order valence-corrected chi connectivity index (χ3v) is 4.30. The van der Waals surface area contributed by atoms with Crippen LogP contribution >= 0.6 is 0 Å². The minimum Gasteiger partial charge on any atom is -0.372 e. The zero-order valence-corrected chi connectivity index (χ0v) is 14.7. The highest BCUT2D eigenvalue weighted by molar-refractivity contribution is 6.06. The molecule has 0 bridgehead atoms. The first-order valence-electron chi connectivity index (χ1n) is 8.29. The van der Waals surface area contributed by atoms with E-state index in [2.05, 4.69) is 16.0 Å². The molecule has 0 aromatic heterocycles. The Morgan fingerprint density at radius 3 is 2.52 bits per heavy atom. The predicted molar refractivity (Wildman–Crippen MR) is 96.6 cm³/mol. The molecular formula is C19H18F3N3O2. The number of fused-ring (bicyclic) bond motifs is 1. The molecule has 0 saturated carbocycles. The van der Waals surface area contributed by atoms with Gasteiger partial charge in [0.2, 0.25) is 11.8 Å². The number of halogens is 3. The van der Waals surface area contributed by atoms with Crippen LogP contribution in [0.2, 0.25) is 0 Å². The summed E-state index contributed by atoms with van der Waals surface area (Å²) in [5.74, 6) is -0.928. The van der Waals surface area contributed by atoms with Crippen LogP contribution in [0.25, 0.3) is 0 Å². The topological polar surface area (TPSA) is 70.2 Å². The quantitative estimate of drug-likeness (QED) is 0.755. The Morgan fingerprint density at radius 2 is 1.85 bits per heavy atom. The summed E-state index contributed by atoms with van der Waals surface area (Å²) in [5.41, 5.74) is 2.14. The summed E-state index contributed by atoms with van der Waals surface area (Å²) in [5, 5.41) is 8.01. The molecule has 3 rings (SSSR count). The van der Waals surface area contributed by atoms with Gasteiger partial charge < -0.3 is 16.0 Å². The summed E-state index contributed by atoms with van der Waals surface area (Å²) in [6.07, 6.45) is -4.65. The molecule has 1 unspecified atom stereocenters. The van der Waals surface area contributed by atoms with Gasteiger partial charge in [0, 0.05) is 5.69 Å². The van der Waals surface area contributed by atoms with Gasteiger partial charge in [-0.1, -0.05) is 17.7 Å². The van der Waals surface area contributed by atoms with Crippen LogP contribution in [0.4, 0.5) is 30.2 Å². The summed E-state index contributed by atoms with van der Waals surface area (Å²) in [6, 6.07) is 7.73. The molecule has 2 amide bonds. The number of alkyl halides is 3. The van der Waals surface area contributed by atoms with E-state index in [1.807, 2.05) is 26.0 Å². The molecule has 142 valence electrons. The number of anilines is 3. The summed E-state index contributed by atoms with van der Waals surface area (Å²) >= 11 is 0. The van der Waals surface area contributed by atoms with E-state index < -0.39 is 23.7 Å². The first-order chi connectivity index (χ1) is 12.6. The smallest absolute Gasteiger partial charge is 0.372 e. The highest BCUT2D eigenvalue weighted by Gasteiger charge is 2.33. The van der Waals surface area contributed by atoms with Crippen molar-refractivity contribution in [3.8, 4) is 0 Å². The van der Waals surface area contributed by atoms with E-state index in [1.54, 1.807) is 6.07 Å². The van der Waals surface area contributed by atoms with Gasteiger partial charge >= 0.3 is 6.18 Å². The SMILES string of the molecule is Cc1ccc(NC(=O)CC2Nc3ccc(C(F)(F)F)cc3NC2=O)c(C)c1. The number of amides is 2. The fourth-order valence-electron chi connectivity index (χ4n) is 2.91. The number of carbonyl (C=O) groups excluding carboxylic acids is 2. The lowest BCUT2D eigenvalue weighted by atomic mass is 10.1. The van der Waals surface area contributed by atoms with Crippen molar-refractivity contribution in [2.24, 2.45) is 0 Å². The number of hydrogen-bond acceptors (Lipinski definition) is 3. The van der Waals surface area contributed by atoms with Crippen molar-refractivity contribution >= 4 is 28.9 Å². The van der Waals surface area contributed by atoms with E-state index in [9.17, 15) is 22.8 Å². The first kappa shape index (κ1) is 18.8. The number of carbonyl (C=O) groups is 2. The Kier molecular flexibility index (Phi) is 4.82. The Morgan fingerprint density at radius 1 is 1.11 bits per heavy atom. The lowest BCUT2D eigenvalue weighted by molar-refractivity contribution is -0.137. The maximum Gasteiger partial charge on any atom is 0.416 e. The van der Waals surface area contributed by atoms with Crippen LogP contribution in [0.15, 0.2) is 36.4 Å². The average Bonchev–Trinajstić information content (AvgIpc) is 2.57. The van der Waals surface area contributed by atoms with E-state index in [0.717, 1.165) is 23.3 Å². The van der Waals surface area contributed by atoms with Crippen LogP contribution in [0.3, 0.4) is 0 Å². The van der Waals surface area contributed by atoms with Crippen molar-refractivity contribution in [3.05, 3.63) is 53.1 Å². The molecule has 1 aliphatic rings. The highest BCUT2D eigenvalue weighted by atomic mass is 19.4. The second kappa shape index (κ2) is 6.94. The molecule has 1 heterocycles. The Bertz CT molecular complexity index is 910. The molecule has 1 aliphatic heterocycles. The van der Waals surface area contributed by atoms with Crippen molar-refractivity contribution < 1.29 is 22.8 Å². The molecule has 1 atom stereocenters. The van der Waals surface area contributed by atoms with Crippen LogP contribution in [-0.4, -0.2) is 17.9 Å². The maximum absolute atomic E-state index is 12.8. The lowest BCUT2D eigenvalue weighted by Gasteiger charge is -2.27. The standard InChI is InChI=1S/C19H18F3N3O2/c1-10-3-5-13(11(2)7-10)24-17(26)9-16-18(27)25-15-8-12(19(20,21)22)4-6-14(15)23-16/h3-8,16,23H,9H2,1-2H3,(H,24,26)(H,25,27). The summed E-state index contributed by atoms with van der Waals surface area (Å²) in [7, 11) is 0. The fourth-order valence-corrected chi connectivity index (χ4v) is 2.91. The van der Waals surface area contributed by atoms with Crippen LogP contribution < -0.4 is 16.0 Å². The van der Waals surface area contributed by atoms with Crippen LogP contribution in [0.1, 0.15) is 23.1 Å². The van der Waals surface area contributed by atoms with Gasteiger partial charge in [-0.15, -0.1) is 0 Å². The zero-order chi connectivity index (χ0) is 19.8. The van der Waals surface area contributed by atoms with Crippen LogP contribution in [0.5, 0.6) is 0 Å². The van der Waals surface area contributed by atoms with Crippen molar-refractivity contribution in [1.82, 2.24) is 0 Å². The van der Waals surface area contributed by atoms with E-state index in [1.165, 1.54) is 6.07 Å². The second-order valence-electron chi connectivity index (χ2n) is 6.51. The second-order valence-corrected chi connectivity index (χ2v) is 6.51. The molecule has 3 N–H and O–H groups in total. The number of nitrogens with one attached hydrogen (secondary N) is 3. The molecule has 0 saturated heterocycles. The van der Waals surface area contributed by atoms with Crippen molar-refractivity contribution in [3.63, 3.8) is 0 Å². The van der Waals surface area contributed by atoms with Gasteiger partial charge in [0.25, 0.3) is 0 Å².